The van der Waals surface area contributed by atoms with Gasteiger partial charge >= 0.3 is 0 Å². The lowest BCUT2D eigenvalue weighted by molar-refractivity contribution is 0.0365. The second-order valence-corrected chi connectivity index (χ2v) is 4.28. The van der Waals surface area contributed by atoms with Crippen LogP contribution in [-0.4, -0.2) is 19.6 Å². The molecule has 4 heteroatoms. The first-order valence-electron chi connectivity index (χ1n) is 6.54. The average Bonchev–Trinajstić information content (AvgIpc) is 2.52. The third-order valence-electron chi connectivity index (χ3n) is 2.96. The molecule has 0 spiro atoms. The Balaban J connectivity index is 2.30. The number of nitrogens with one attached hydrogen (secondary N) is 1. The van der Waals surface area contributed by atoms with Crippen LogP contribution >= 0.6 is 0 Å². The summed E-state index contributed by atoms with van der Waals surface area (Å²) in [6, 6.07) is 17.3. The number of hydrogen-bond acceptors (Lipinski definition) is 3. The number of carbonyl (C=O) groups excluding carboxylic acids is 1. The lowest BCUT2D eigenvalue weighted by Gasteiger charge is -2.22. The second kappa shape index (κ2) is 6.73. The Morgan fingerprint density at radius 3 is 2.45 bits per heavy atom. The first-order valence-corrected chi connectivity index (χ1v) is 6.54. The minimum Gasteiger partial charge on any atom is -0.344 e. The third-order valence-corrected chi connectivity index (χ3v) is 2.96. The van der Waals surface area contributed by atoms with Gasteiger partial charge in [-0.2, -0.15) is 0 Å². The molecule has 4 nitrogen and oxygen atoms in total. The Labute approximate surface area is 118 Å². The summed E-state index contributed by atoms with van der Waals surface area (Å²) in [5, 5.41) is 0. The summed E-state index contributed by atoms with van der Waals surface area (Å²) >= 11 is 0. The van der Waals surface area contributed by atoms with E-state index in [1.54, 1.807) is 6.07 Å². The van der Waals surface area contributed by atoms with Gasteiger partial charge in [-0.05, 0) is 31.2 Å². The molecule has 0 saturated heterocycles. The molecular formula is C16H18N2O2. The van der Waals surface area contributed by atoms with Crippen LogP contribution in [0.1, 0.15) is 17.3 Å². The summed E-state index contributed by atoms with van der Waals surface area (Å²) in [4.78, 5) is 19.0. The van der Waals surface area contributed by atoms with Crippen molar-refractivity contribution in [3.05, 3.63) is 60.2 Å². The van der Waals surface area contributed by atoms with E-state index in [1.165, 1.54) is 0 Å². The van der Waals surface area contributed by atoms with Gasteiger partial charge in [0.15, 0.2) is 0 Å². The summed E-state index contributed by atoms with van der Waals surface area (Å²) in [7, 11) is 1.93. The van der Waals surface area contributed by atoms with Gasteiger partial charge in [-0.15, -0.1) is 0 Å². The smallest absolute Gasteiger partial charge is 0.276 e. The van der Waals surface area contributed by atoms with Crippen molar-refractivity contribution in [3.63, 3.8) is 0 Å². The van der Waals surface area contributed by atoms with Gasteiger partial charge in [-0.25, -0.2) is 5.48 Å². The van der Waals surface area contributed by atoms with Crippen molar-refractivity contribution in [1.29, 1.82) is 0 Å². The zero-order valence-corrected chi connectivity index (χ0v) is 11.7. The molecule has 20 heavy (non-hydrogen) atoms. The molecule has 0 unspecified atom stereocenters. The van der Waals surface area contributed by atoms with E-state index in [-0.39, 0.29) is 5.91 Å². The number of nitrogens with zero attached hydrogens (tertiary/aromatic N) is 1. The van der Waals surface area contributed by atoms with Crippen LogP contribution in [0.5, 0.6) is 0 Å². The number of benzene rings is 2. The van der Waals surface area contributed by atoms with Crippen LogP contribution in [0, 0.1) is 0 Å². The predicted octanol–water partition coefficient (Wildman–Crippen LogP) is 3.14. The summed E-state index contributed by atoms with van der Waals surface area (Å²) in [5.41, 5.74) is 4.85. The highest BCUT2D eigenvalue weighted by atomic mass is 16.6. The molecule has 0 aliphatic heterocycles. The molecule has 2 aromatic carbocycles. The number of hydroxylamine groups is 1. The molecule has 1 amide bonds. The molecule has 0 aliphatic rings. The maximum absolute atomic E-state index is 12.1. The fraction of sp³-hybridized carbons (Fsp3) is 0.188. The molecular weight excluding hydrogens is 252 g/mol. The summed E-state index contributed by atoms with van der Waals surface area (Å²) in [5.74, 6) is -0.245. The molecule has 0 bridgehead atoms. The highest BCUT2D eigenvalue weighted by Gasteiger charge is 2.14. The van der Waals surface area contributed by atoms with Crippen molar-refractivity contribution in [2.75, 3.05) is 18.6 Å². The molecule has 2 rings (SSSR count). The fourth-order valence-corrected chi connectivity index (χ4v) is 1.94. The molecule has 104 valence electrons. The zero-order valence-electron chi connectivity index (χ0n) is 11.7. The Morgan fingerprint density at radius 2 is 1.75 bits per heavy atom. The van der Waals surface area contributed by atoms with Crippen molar-refractivity contribution in [3.8, 4) is 0 Å². The van der Waals surface area contributed by atoms with Crippen LogP contribution in [-0.2, 0) is 4.84 Å². The first kappa shape index (κ1) is 14.1. The third kappa shape index (κ3) is 3.16. The number of rotatable bonds is 5. The van der Waals surface area contributed by atoms with E-state index in [2.05, 4.69) is 5.48 Å². The Hall–Kier alpha value is -2.33. The van der Waals surface area contributed by atoms with Crippen molar-refractivity contribution < 1.29 is 9.63 Å². The number of hydrogen-bond donors (Lipinski definition) is 1. The van der Waals surface area contributed by atoms with Crippen molar-refractivity contribution in [1.82, 2.24) is 5.48 Å². The molecule has 0 heterocycles. The van der Waals surface area contributed by atoms with Crippen LogP contribution in [0.15, 0.2) is 54.6 Å². The van der Waals surface area contributed by atoms with E-state index in [1.807, 2.05) is 67.4 Å². The van der Waals surface area contributed by atoms with E-state index in [0.29, 0.717) is 12.2 Å². The minimum atomic E-state index is -0.245. The van der Waals surface area contributed by atoms with E-state index >= 15 is 0 Å². The van der Waals surface area contributed by atoms with Gasteiger partial charge in [0.1, 0.15) is 0 Å². The Kier molecular flexibility index (Phi) is 4.74. The lowest BCUT2D eigenvalue weighted by Crippen LogP contribution is -2.25. The van der Waals surface area contributed by atoms with Gasteiger partial charge in [0.2, 0.25) is 0 Å². The highest BCUT2D eigenvalue weighted by molar-refractivity contribution is 6.00. The number of para-hydroxylation sites is 2. The summed E-state index contributed by atoms with van der Waals surface area (Å²) < 4.78 is 0. The van der Waals surface area contributed by atoms with Gasteiger partial charge in [0.05, 0.1) is 17.9 Å². The average molecular weight is 270 g/mol. The minimum absolute atomic E-state index is 0.245. The monoisotopic (exact) mass is 270 g/mol. The van der Waals surface area contributed by atoms with Crippen molar-refractivity contribution in [2.45, 2.75) is 6.92 Å². The maximum Gasteiger partial charge on any atom is 0.276 e. The first-order chi connectivity index (χ1) is 9.74. The standard InChI is InChI=1S/C16H18N2O2/c1-3-20-17-16(19)14-11-7-8-12-15(14)18(2)13-9-5-4-6-10-13/h4-12H,3H2,1-2H3,(H,17,19). The van der Waals surface area contributed by atoms with Gasteiger partial charge in [0, 0.05) is 12.7 Å². The van der Waals surface area contributed by atoms with Gasteiger partial charge < -0.3 is 4.90 Å². The number of amides is 1. The van der Waals surface area contributed by atoms with Gasteiger partial charge in [-0.1, -0.05) is 30.3 Å². The predicted molar refractivity (Wildman–Crippen MR) is 80.0 cm³/mol. The quantitative estimate of drug-likeness (QED) is 0.849. The topological polar surface area (TPSA) is 41.6 Å². The highest BCUT2D eigenvalue weighted by Crippen LogP contribution is 2.26. The molecule has 0 aliphatic carbocycles. The molecule has 2 aromatic rings. The van der Waals surface area contributed by atoms with Gasteiger partial charge in [0.25, 0.3) is 5.91 Å². The number of carbonyl (C=O) groups is 1. The largest absolute Gasteiger partial charge is 0.344 e. The fourth-order valence-electron chi connectivity index (χ4n) is 1.94. The number of anilines is 2. The Bertz CT molecular complexity index is 570. The normalized spacial score (nSPS) is 10.1. The molecule has 0 radical (unpaired) electrons. The van der Waals surface area contributed by atoms with E-state index in [9.17, 15) is 4.79 Å². The van der Waals surface area contributed by atoms with Crippen LogP contribution in [0.3, 0.4) is 0 Å². The molecule has 0 aromatic heterocycles. The molecule has 1 N–H and O–H groups in total. The molecule has 0 fully saturated rings. The summed E-state index contributed by atoms with van der Waals surface area (Å²) in [6.45, 7) is 2.25. The SMILES string of the molecule is CCONC(=O)c1ccccc1N(C)c1ccccc1. The van der Waals surface area contributed by atoms with Gasteiger partial charge in [-0.3, -0.25) is 9.63 Å². The van der Waals surface area contributed by atoms with Crippen LogP contribution in [0.2, 0.25) is 0 Å². The lowest BCUT2D eigenvalue weighted by atomic mass is 10.1. The van der Waals surface area contributed by atoms with E-state index < -0.39 is 0 Å². The van der Waals surface area contributed by atoms with Crippen molar-refractivity contribution in [2.24, 2.45) is 0 Å². The molecule has 0 saturated carbocycles. The van der Waals surface area contributed by atoms with Crippen LogP contribution in [0.4, 0.5) is 11.4 Å². The second-order valence-electron chi connectivity index (χ2n) is 4.28. The molecule has 0 atom stereocenters. The van der Waals surface area contributed by atoms with E-state index in [4.69, 9.17) is 4.84 Å². The van der Waals surface area contributed by atoms with E-state index in [0.717, 1.165) is 11.4 Å². The van der Waals surface area contributed by atoms with Crippen LogP contribution in [0.25, 0.3) is 0 Å². The summed E-state index contributed by atoms with van der Waals surface area (Å²) in [6.07, 6.45) is 0. The van der Waals surface area contributed by atoms with Crippen LogP contribution < -0.4 is 10.4 Å². The Morgan fingerprint density at radius 1 is 1.10 bits per heavy atom. The maximum atomic E-state index is 12.1. The van der Waals surface area contributed by atoms with Crippen molar-refractivity contribution >= 4 is 17.3 Å². The zero-order chi connectivity index (χ0) is 14.4.